The fraction of sp³-hybridized carbons (Fsp3) is 0.583. The summed E-state index contributed by atoms with van der Waals surface area (Å²) in [6, 6.07) is 0. The number of hydrogen-bond acceptors (Lipinski definition) is 3. The minimum absolute atomic E-state index is 0.0508. The van der Waals surface area contributed by atoms with Crippen LogP contribution in [0.2, 0.25) is 0 Å². The van der Waals surface area contributed by atoms with E-state index in [1.165, 1.54) is 18.4 Å². The molecule has 6 N–H and O–H groups in total. The lowest BCUT2D eigenvalue weighted by Gasteiger charge is -2.12. The van der Waals surface area contributed by atoms with Crippen LogP contribution in [0.25, 0.3) is 0 Å². The van der Waals surface area contributed by atoms with Gasteiger partial charge < -0.3 is 16.8 Å². The summed E-state index contributed by atoms with van der Waals surface area (Å²) in [5, 5.41) is 10.2. The van der Waals surface area contributed by atoms with Crippen molar-refractivity contribution in [1.29, 1.82) is 5.41 Å². The molecular weight excluding hydrogens is 262 g/mol. The first-order valence-electron chi connectivity index (χ1n) is 6.33. The topological polar surface area (TPSA) is 117 Å². The number of thioether (sulfide) groups is 1. The van der Waals surface area contributed by atoms with E-state index in [9.17, 15) is 4.79 Å². The molecule has 0 aromatic carbocycles. The predicted octanol–water partition coefficient (Wildman–Crippen LogP) is 0.934. The van der Waals surface area contributed by atoms with Crippen LogP contribution in [0.1, 0.15) is 32.1 Å². The molecular formula is C12H21N5OS. The Morgan fingerprint density at radius 3 is 2.89 bits per heavy atom. The van der Waals surface area contributed by atoms with E-state index < -0.39 is 0 Å². The van der Waals surface area contributed by atoms with E-state index in [1.54, 1.807) is 0 Å². The van der Waals surface area contributed by atoms with Gasteiger partial charge in [-0.05, 0) is 32.1 Å². The summed E-state index contributed by atoms with van der Waals surface area (Å²) in [5.41, 5.74) is 11.7. The molecule has 0 aromatic rings. The van der Waals surface area contributed by atoms with Crippen molar-refractivity contribution in [2.24, 2.45) is 16.5 Å². The Balaban J connectivity index is 2.12. The zero-order chi connectivity index (χ0) is 14.1. The average Bonchev–Trinajstić information content (AvgIpc) is 2.37. The van der Waals surface area contributed by atoms with Crippen LogP contribution in [-0.2, 0) is 4.79 Å². The van der Waals surface area contributed by atoms with Crippen molar-refractivity contribution in [3.63, 3.8) is 0 Å². The zero-order valence-corrected chi connectivity index (χ0v) is 11.8. The van der Waals surface area contributed by atoms with E-state index >= 15 is 0 Å². The largest absolute Gasteiger partial charge is 0.370 e. The van der Waals surface area contributed by atoms with Gasteiger partial charge in [-0.2, -0.15) is 4.99 Å². The number of amidine groups is 1. The van der Waals surface area contributed by atoms with Gasteiger partial charge in [-0.3, -0.25) is 10.2 Å². The Kier molecular flexibility index (Phi) is 7.02. The van der Waals surface area contributed by atoms with Gasteiger partial charge in [-0.1, -0.05) is 23.4 Å². The molecule has 0 unspecified atom stereocenters. The van der Waals surface area contributed by atoms with Crippen LogP contribution in [0.15, 0.2) is 16.6 Å². The van der Waals surface area contributed by atoms with Gasteiger partial charge in [0.2, 0.25) is 5.91 Å². The monoisotopic (exact) mass is 283 g/mol. The third-order valence-corrected chi connectivity index (χ3v) is 3.50. The normalized spacial score (nSPS) is 14.4. The Labute approximate surface area is 117 Å². The van der Waals surface area contributed by atoms with E-state index in [-0.39, 0.29) is 22.8 Å². The molecule has 7 heteroatoms. The van der Waals surface area contributed by atoms with Gasteiger partial charge in [0, 0.05) is 6.54 Å². The molecule has 0 radical (unpaired) electrons. The van der Waals surface area contributed by atoms with Crippen LogP contribution in [0, 0.1) is 5.41 Å². The van der Waals surface area contributed by atoms with E-state index in [1.807, 2.05) is 0 Å². The smallest absolute Gasteiger partial charge is 0.230 e. The number of nitrogens with two attached hydrogens (primary N) is 2. The van der Waals surface area contributed by atoms with Crippen molar-refractivity contribution in [3.05, 3.63) is 11.6 Å². The third-order valence-electron chi connectivity index (χ3n) is 2.72. The summed E-state index contributed by atoms with van der Waals surface area (Å²) in [6.45, 7) is 0.654. The highest BCUT2D eigenvalue weighted by molar-refractivity contribution is 8.14. The fourth-order valence-corrected chi connectivity index (χ4v) is 2.37. The van der Waals surface area contributed by atoms with Crippen molar-refractivity contribution in [2.45, 2.75) is 32.1 Å². The zero-order valence-electron chi connectivity index (χ0n) is 10.9. The first kappa shape index (κ1) is 15.6. The highest BCUT2D eigenvalue weighted by Crippen LogP contribution is 2.19. The maximum absolute atomic E-state index is 11.5. The van der Waals surface area contributed by atoms with Crippen molar-refractivity contribution in [1.82, 2.24) is 5.32 Å². The lowest BCUT2D eigenvalue weighted by Crippen LogP contribution is -2.27. The van der Waals surface area contributed by atoms with Crippen LogP contribution < -0.4 is 16.8 Å². The van der Waals surface area contributed by atoms with E-state index in [2.05, 4.69) is 16.4 Å². The molecule has 19 heavy (non-hydrogen) atoms. The molecule has 6 nitrogen and oxygen atoms in total. The van der Waals surface area contributed by atoms with Crippen LogP contribution >= 0.6 is 11.8 Å². The number of rotatable bonds is 5. The minimum atomic E-state index is -0.165. The predicted molar refractivity (Wildman–Crippen MR) is 80.2 cm³/mol. The summed E-state index contributed by atoms with van der Waals surface area (Å²) >= 11 is 1.01. The van der Waals surface area contributed by atoms with E-state index in [0.29, 0.717) is 6.54 Å². The number of hydrogen-bond donors (Lipinski definition) is 4. The average molecular weight is 283 g/mol. The van der Waals surface area contributed by atoms with Crippen molar-refractivity contribution in [3.8, 4) is 0 Å². The minimum Gasteiger partial charge on any atom is -0.370 e. The van der Waals surface area contributed by atoms with Gasteiger partial charge >= 0.3 is 0 Å². The van der Waals surface area contributed by atoms with Crippen molar-refractivity contribution < 1.29 is 4.79 Å². The fourth-order valence-electron chi connectivity index (χ4n) is 1.83. The number of carbonyl (C=O) groups is 1. The molecule has 0 atom stereocenters. The van der Waals surface area contributed by atoms with Gasteiger partial charge in [0.25, 0.3) is 0 Å². The maximum atomic E-state index is 11.5. The van der Waals surface area contributed by atoms with Gasteiger partial charge in [-0.25, -0.2) is 0 Å². The van der Waals surface area contributed by atoms with Crippen LogP contribution in [0.5, 0.6) is 0 Å². The number of allylic oxidation sites excluding steroid dienone is 1. The molecule has 0 heterocycles. The molecule has 0 aliphatic heterocycles. The quantitative estimate of drug-likeness (QED) is 0.341. The first-order chi connectivity index (χ1) is 9.08. The lowest BCUT2D eigenvalue weighted by atomic mass is 9.97. The van der Waals surface area contributed by atoms with Crippen LogP contribution in [-0.4, -0.2) is 29.3 Å². The number of nitrogens with zero attached hydrogens (tertiary/aromatic N) is 1. The number of guanidine groups is 1. The first-order valence-corrected chi connectivity index (χ1v) is 7.32. The molecule has 0 saturated heterocycles. The summed E-state index contributed by atoms with van der Waals surface area (Å²) in [4.78, 5) is 15.0. The number of amides is 1. The SMILES string of the molecule is N=C(N=C(N)N)SCC(=O)NCCC1=CCCCC1. The molecule has 0 spiro atoms. The second-order valence-corrected chi connectivity index (χ2v) is 5.30. The summed E-state index contributed by atoms with van der Waals surface area (Å²) in [5.74, 6) is -0.103. The molecule has 106 valence electrons. The number of carbonyl (C=O) groups excluding carboxylic acids is 1. The second-order valence-electron chi connectivity index (χ2n) is 4.34. The lowest BCUT2D eigenvalue weighted by molar-refractivity contribution is -0.118. The Bertz CT molecular complexity index is 388. The summed E-state index contributed by atoms with van der Waals surface area (Å²) < 4.78 is 0. The molecule has 0 bridgehead atoms. The molecule has 0 saturated carbocycles. The highest BCUT2D eigenvalue weighted by atomic mass is 32.2. The van der Waals surface area contributed by atoms with E-state index in [0.717, 1.165) is 31.0 Å². The molecule has 1 amide bonds. The highest BCUT2D eigenvalue weighted by Gasteiger charge is 2.06. The Morgan fingerprint density at radius 1 is 1.47 bits per heavy atom. The standard InChI is InChI=1S/C12H21N5OS/c13-11(14)17-12(15)19-8-10(18)16-7-6-9-4-2-1-3-5-9/h4H,1-3,5-8H2,(H,16,18)(H5,13,14,15,17). The molecule has 1 rings (SSSR count). The maximum Gasteiger partial charge on any atom is 0.230 e. The number of aliphatic imine (C=N–C) groups is 1. The third kappa shape index (κ3) is 7.50. The van der Waals surface area contributed by atoms with Crippen LogP contribution in [0.4, 0.5) is 0 Å². The Morgan fingerprint density at radius 2 is 2.26 bits per heavy atom. The molecule has 0 aromatic heterocycles. The molecule has 0 fully saturated rings. The summed E-state index contributed by atoms with van der Waals surface area (Å²) in [7, 11) is 0. The van der Waals surface area contributed by atoms with E-state index in [4.69, 9.17) is 16.9 Å². The van der Waals surface area contributed by atoms with Gasteiger partial charge in [0.05, 0.1) is 5.75 Å². The van der Waals surface area contributed by atoms with Crippen LogP contribution in [0.3, 0.4) is 0 Å². The van der Waals surface area contributed by atoms with Gasteiger partial charge in [-0.15, -0.1) is 0 Å². The van der Waals surface area contributed by atoms with Crippen molar-refractivity contribution in [2.75, 3.05) is 12.3 Å². The summed E-state index contributed by atoms with van der Waals surface area (Å²) in [6.07, 6.45) is 8.04. The molecule has 1 aliphatic rings. The second kappa shape index (κ2) is 8.58. The molecule has 1 aliphatic carbocycles. The Hall–Kier alpha value is -1.50. The van der Waals surface area contributed by atoms with Gasteiger partial charge in [0.15, 0.2) is 11.1 Å². The number of nitrogens with one attached hydrogen (secondary N) is 2. The van der Waals surface area contributed by atoms with Crippen molar-refractivity contribution >= 4 is 28.8 Å². The van der Waals surface area contributed by atoms with Gasteiger partial charge in [0.1, 0.15) is 0 Å².